The third-order valence-electron chi connectivity index (χ3n) is 4.39. The molecule has 0 aliphatic carbocycles. The SMILES string of the molecule is CCOc1ccc(N=C2SC(=Cc3ccc(OC)cc3OC)C(O)=C2C(=O)OC)cc1. The van der Waals surface area contributed by atoms with Gasteiger partial charge in [0, 0.05) is 11.6 Å². The van der Waals surface area contributed by atoms with Gasteiger partial charge in [0.05, 0.1) is 38.5 Å². The van der Waals surface area contributed by atoms with Gasteiger partial charge in [0.2, 0.25) is 0 Å². The van der Waals surface area contributed by atoms with Crippen LogP contribution in [0.2, 0.25) is 0 Å². The van der Waals surface area contributed by atoms with Crippen LogP contribution >= 0.6 is 11.8 Å². The highest BCUT2D eigenvalue weighted by atomic mass is 32.2. The van der Waals surface area contributed by atoms with Gasteiger partial charge in [-0.25, -0.2) is 9.79 Å². The molecule has 2 aromatic rings. The molecule has 162 valence electrons. The molecule has 0 unspecified atom stereocenters. The van der Waals surface area contributed by atoms with E-state index in [-0.39, 0.29) is 11.3 Å². The maximum Gasteiger partial charge on any atom is 0.344 e. The van der Waals surface area contributed by atoms with Crippen molar-refractivity contribution in [2.45, 2.75) is 6.92 Å². The molecular weight excluding hydrogens is 418 g/mol. The average molecular weight is 442 g/mol. The quantitative estimate of drug-likeness (QED) is 0.611. The van der Waals surface area contributed by atoms with Crippen molar-refractivity contribution in [3.05, 3.63) is 64.3 Å². The van der Waals surface area contributed by atoms with Crippen LogP contribution in [-0.4, -0.2) is 44.1 Å². The van der Waals surface area contributed by atoms with Crippen LogP contribution in [0.15, 0.2) is 63.7 Å². The minimum absolute atomic E-state index is 0.0140. The number of hydrogen-bond acceptors (Lipinski definition) is 8. The highest BCUT2D eigenvalue weighted by Crippen LogP contribution is 2.41. The number of aliphatic hydroxyl groups excluding tert-OH is 1. The summed E-state index contributed by atoms with van der Waals surface area (Å²) in [5.74, 6) is 1.08. The average Bonchev–Trinajstić information content (AvgIpc) is 3.09. The number of benzene rings is 2. The molecule has 8 heteroatoms. The van der Waals surface area contributed by atoms with Crippen LogP contribution in [0.4, 0.5) is 5.69 Å². The number of carbonyl (C=O) groups is 1. The maximum atomic E-state index is 12.3. The van der Waals surface area contributed by atoms with E-state index in [9.17, 15) is 9.90 Å². The second kappa shape index (κ2) is 10.1. The predicted octanol–water partition coefficient (Wildman–Crippen LogP) is 4.91. The molecule has 0 saturated carbocycles. The lowest BCUT2D eigenvalue weighted by atomic mass is 10.1. The molecule has 31 heavy (non-hydrogen) atoms. The molecule has 0 radical (unpaired) electrons. The summed E-state index contributed by atoms with van der Waals surface area (Å²) in [5.41, 5.74) is 1.34. The lowest BCUT2D eigenvalue weighted by molar-refractivity contribution is -0.135. The van der Waals surface area contributed by atoms with Crippen LogP contribution in [0.3, 0.4) is 0 Å². The smallest absolute Gasteiger partial charge is 0.344 e. The van der Waals surface area contributed by atoms with Crippen LogP contribution in [0, 0.1) is 0 Å². The Hall–Kier alpha value is -3.39. The van der Waals surface area contributed by atoms with Gasteiger partial charge in [-0.1, -0.05) is 11.8 Å². The van der Waals surface area contributed by atoms with Crippen molar-refractivity contribution in [2.75, 3.05) is 27.9 Å². The highest BCUT2D eigenvalue weighted by Gasteiger charge is 2.33. The lowest BCUT2D eigenvalue weighted by Crippen LogP contribution is -2.10. The Bertz CT molecular complexity index is 1060. The molecular formula is C23H23NO6S. The monoisotopic (exact) mass is 441 g/mol. The fraction of sp³-hybridized carbons (Fsp3) is 0.217. The number of hydrogen-bond donors (Lipinski definition) is 1. The van der Waals surface area contributed by atoms with Gasteiger partial charge < -0.3 is 24.1 Å². The number of aliphatic imine (C=N–C) groups is 1. The zero-order valence-electron chi connectivity index (χ0n) is 17.7. The number of aliphatic hydroxyl groups is 1. The van der Waals surface area contributed by atoms with Crippen LogP contribution in [0.5, 0.6) is 17.2 Å². The first kappa shape index (κ1) is 22.3. The fourth-order valence-electron chi connectivity index (χ4n) is 2.87. The van der Waals surface area contributed by atoms with Gasteiger partial charge in [-0.15, -0.1) is 0 Å². The number of rotatable bonds is 7. The summed E-state index contributed by atoms with van der Waals surface area (Å²) in [6.45, 7) is 2.47. The van der Waals surface area contributed by atoms with Crippen molar-refractivity contribution >= 4 is 34.5 Å². The van der Waals surface area contributed by atoms with E-state index in [4.69, 9.17) is 18.9 Å². The van der Waals surface area contributed by atoms with E-state index >= 15 is 0 Å². The third-order valence-corrected chi connectivity index (χ3v) is 5.41. The van der Waals surface area contributed by atoms with E-state index in [1.54, 1.807) is 62.8 Å². The summed E-state index contributed by atoms with van der Waals surface area (Å²) < 4.78 is 20.9. The van der Waals surface area contributed by atoms with E-state index in [1.807, 2.05) is 6.92 Å². The Labute approximate surface area is 185 Å². The molecule has 1 aliphatic heterocycles. The van der Waals surface area contributed by atoms with E-state index < -0.39 is 5.97 Å². The summed E-state index contributed by atoms with van der Waals surface area (Å²) in [5, 5.41) is 11.1. The van der Waals surface area contributed by atoms with Crippen LogP contribution < -0.4 is 14.2 Å². The van der Waals surface area contributed by atoms with Crippen molar-refractivity contribution in [1.29, 1.82) is 0 Å². The molecule has 1 heterocycles. The highest BCUT2D eigenvalue weighted by molar-refractivity contribution is 8.18. The molecule has 0 bridgehead atoms. The summed E-state index contributed by atoms with van der Waals surface area (Å²) in [7, 11) is 4.38. The number of carbonyl (C=O) groups excluding carboxylic acids is 1. The number of methoxy groups -OCH3 is 3. The first-order valence-electron chi connectivity index (χ1n) is 9.46. The lowest BCUT2D eigenvalue weighted by Gasteiger charge is -2.08. The Morgan fingerprint density at radius 3 is 2.39 bits per heavy atom. The predicted molar refractivity (Wildman–Crippen MR) is 121 cm³/mol. The maximum absolute atomic E-state index is 12.3. The van der Waals surface area contributed by atoms with Crippen LogP contribution in [0.1, 0.15) is 12.5 Å². The minimum atomic E-state index is -0.667. The van der Waals surface area contributed by atoms with E-state index in [0.29, 0.717) is 39.3 Å². The van der Waals surface area contributed by atoms with Gasteiger partial charge in [0.1, 0.15) is 33.6 Å². The Morgan fingerprint density at radius 2 is 1.77 bits per heavy atom. The molecule has 2 aromatic carbocycles. The second-order valence-corrected chi connectivity index (χ2v) is 7.31. The first-order chi connectivity index (χ1) is 15.0. The molecule has 7 nitrogen and oxygen atoms in total. The number of thioether (sulfide) groups is 1. The molecule has 0 saturated heterocycles. The van der Waals surface area contributed by atoms with Gasteiger partial charge in [0.25, 0.3) is 0 Å². The Balaban J connectivity index is 2.00. The van der Waals surface area contributed by atoms with Crippen molar-refractivity contribution in [1.82, 2.24) is 0 Å². The molecule has 0 atom stereocenters. The van der Waals surface area contributed by atoms with Crippen LogP contribution in [-0.2, 0) is 9.53 Å². The fourth-order valence-corrected chi connectivity index (χ4v) is 3.90. The van der Waals surface area contributed by atoms with Gasteiger partial charge in [-0.2, -0.15) is 0 Å². The van der Waals surface area contributed by atoms with E-state index in [2.05, 4.69) is 4.99 Å². The third kappa shape index (κ3) is 5.03. The van der Waals surface area contributed by atoms with E-state index in [1.165, 1.54) is 18.9 Å². The number of esters is 1. The Morgan fingerprint density at radius 1 is 1.06 bits per heavy atom. The van der Waals surface area contributed by atoms with Gasteiger partial charge in [0.15, 0.2) is 0 Å². The van der Waals surface area contributed by atoms with Crippen LogP contribution in [0.25, 0.3) is 6.08 Å². The van der Waals surface area contributed by atoms with Crippen molar-refractivity contribution in [3.63, 3.8) is 0 Å². The van der Waals surface area contributed by atoms with Crippen molar-refractivity contribution < 1.29 is 28.8 Å². The van der Waals surface area contributed by atoms with Crippen molar-refractivity contribution in [2.24, 2.45) is 4.99 Å². The zero-order valence-corrected chi connectivity index (χ0v) is 18.5. The first-order valence-corrected chi connectivity index (χ1v) is 10.3. The molecule has 3 rings (SSSR count). The normalized spacial score (nSPS) is 16.0. The standard InChI is InChI=1S/C23H23NO6S/c1-5-30-16-10-7-15(8-11-16)24-22-20(23(26)29-4)21(25)19(31-22)12-14-6-9-17(27-2)13-18(14)28-3/h6-13,25H,5H2,1-4H3. The number of nitrogens with zero attached hydrogens (tertiary/aromatic N) is 1. The minimum Gasteiger partial charge on any atom is -0.506 e. The molecule has 0 amide bonds. The van der Waals surface area contributed by atoms with Gasteiger partial charge in [-0.3, -0.25) is 0 Å². The second-order valence-electron chi connectivity index (χ2n) is 6.28. The molecule has 1 aliphatic rings. The van der Waals surface area contributed by atoms with Crippen molar-refractivity contribution in [3.8, 4) is 17.2 Å². The summed E-state index contributed by atoms with van der Waals surface area (Å²) in [6.07, 6.45) is 1.72. The molecule has 0 aromatic heterocycles. The molecule has 0 fully saturated rings. The summed E-state index contributed by atoms with van der Waals surface area (Å²) in [6, 6.07) is 12.5. The molecule has 0 spiro atoms. The largest absolute Gasteiger partial charge is 0.506 e. The molecule has 1 N–H and O–H groups in total. The van der Waals surface area contributed by atoms with Gasteiger partial charge in [-0.05, 0) is 49.4 Å². The zero-order chi connectivity index (χ0) is 22.4. The Kier molecular flexibility index (Phi) is 7.25. The summed E-state index contributed by atoms with van der Waals surface area (Å²) >= 11 is 1.17. The van der Waals surface area contributed by atoms with Gasteiger partial charge >= 0.3 is 5.97 Å². The van der Waals surface area contributed by atoms with E-state index in [0.717, 1.165) is 5.75 Å². The number of ether oxygens (including phenoxy) is 4. The topological polar surface area (TPSA) is 86.6 Å². The summed E-state index contributed by atoms with van der Waals surface area (Å²) in [4.78, 5) is 17.3.